The van der Waals surface area contributed by atoms with Crippen molar-refractivity contribution in [1.29, 1.82) is 0 Å². The maximum atomic E-state index is 12.8. The van der Waals surface area contributed by atoms with Crippen molar-refractivity contribution in [2.45, 2.75) is 105 Å². The van der Waals surface area contributed by atoms with Crippen molar-refractivity contribution in [3.8, 4) is 0 Å². The molecule has 0 saturated heterocycles. The molecule has 0 spiro atoms. The van der Waals surface area contributed by atoms with Gasteiger partial charge < -0.3 is 4.74 Å². The third-order valence-corrected chi connectivity index (χ3v) is 10.6. The topological polar surface area (TPSA) is 43.4 Å². The Morgan fingerprint density at radius 1 is 0.893 bits per heavy atom. The van der Waals surface area contributed by atoms with Gasteiger partial charge in [0.05, 0.1) is 0 Å². The van der Waals surface area contributed by atoms with Crippen molar-refractivity contribution in [3.63, 3.8) is 0 Å². The van der Waals surface area contributed by atoms with Gasteiger partial charge in [0, 0.05) is 24.7 Å². The molecule has 0 aromatic rings. The van der Waals surface area contributed by atoms with Crippen LogP contribution >= 0.6 is 0 Å². The third kappa shape index (κ3) is 2.53. The number of Topliss-reactive ketones (excluding diaryl/α,β-unsaturated/α-hetero) is 1. The van der Waals surface area contributed by atoms with Gasteiger partial charge in [-0.1, -0.05) is 34.6 Å². The van der Waals surface area contributed by atoms with E-state index in [1.807, 2.05) is 0 Å². The van der Waals surface area contributed by atoms with Gasteiger partial charge in [-0.2, -0.15) is 0 Å². The molecule has 4 aliphatic rings. The summed E-state index contributed by atoms with van der Waals surface area (Å²) in [6.45, 7) is 13.8. The highest BCUT2D eigenvalue weighted by molar-refractivity contribution is 5.83. The van der Waals surface area contributed by atoms with Crippen LogP contribution in [0.3, 0.4) is 0 Å². The number of ketones is 1. The van der Waals surface area contributed by atoms with E-state index in [1.165, 1.54) is 25.7 Å². The normalized spacial score (nSPS) is 50.1. The second kappa shape index (κ2) is 6.32. The predicted octanol–water partition coefficient (Wildman–Crippen LogP) is 5.95. The largest absolute Gasteiger partial charge is 0.462 e. The van der Waals surface area contributed by atoms with Gasteiger partial charge in [-0.3, -0.25) is 9.59 Å². The minimum absolute atomic E-state index is 0.0140. The van der Waals surface area contributed by atoms with Crippen molar-refractivity contribution in [3.05, 3.63) is 0 Å². The average molecular weight is 389 g/mol. The molecule has 3 heteroatoms. The fraction of sp³-hybridized carbons (Fsp3) is 0.920. The Kier molecular flexibility index (Phi) is 4.61. The maximum absolute atomic E-state index is 12.8. The molecule has 4 unspecified atom stereocenters. The van der Waals surface area contributed by atoms with Crippen LogP contribution in [0.1, 0.15) is 99.3 Å². The lowest BCUT2D eigenvalue weighted by atomic mass is 9.34. The quantitative estimate of drug-likeness (QED) is 0.522. The number of fused-ring (bicyclic) bond motifs is 5. The highest BCUT2D eigenvalue weighted by atomic mass is 16.5. The Labute approximate surface area is 171 Å². The summed E-state index contributed by atoms with van der Waals surface area (Å²) in [6, 6.07) is 0. The summed E-state index contributed by atoms with van der Waals surface area (Å²) >= 11 is 0. The Hall–Kier alpha value is -0.860. The summed E-state index contributed by atoms with van der Waals surface area (Å²) in [7, 11) is 0. The third-order valence-electron chi connectivity index (χ3n) is 10.6. The van der Waals surface area contributed by atoms with Gasteiger partial charge in [-0.15, -0.1) is 0 Å². The van der Waals surface area contributed by atoms with E-state index < -0.39 is 0 Å². The van der Waals surface area contributed by atoms with E-state index in [4.69, 9.17) is 4.74 Å². The lowest BCUT2D eigenvalue weighted by molar-refractivity contribution is -0.231. The molecule has 0 N–H and O–H groups in total. The van der Waals surface area contributed by atoms with Crippen LogP contribution in [0.4, 0.5) is 0 Å². The van der Waals surface area contributed by atoms with E-state index in [9.17, 15) is 9.59 Å². The van der Waals surface area contributed by atoms with E-state index in [0.29, 0.717) is 17.6 Å². The van der Waals surface area contributed by atoms with E-state index in [0.717, 1.165) is 32.1 Å². The van der Waals surface area contributed by atoms with Crippen LogP contribution < -0.4 is 0 Å². The number of hydrogen-bond donors (Lipinski definition) is 0. The first-order valence-corrected chi connectivity index (χ1v) is 11.7. The van der Waals surface area contributed by atoms with Crippen molar-refractivity contribution in [2.24, 2.45) is 39.4 Å². The summed E-state index contributed by atoms with van der Waals surface area (Å²) in [5.74, 6) is 1.93. The van der Waals surface area contributed by atoms with Gasteiger partial charge in [0.15, 0.2) is 0 Å². The number of hydrogen-bond acceptors (Lipinski definition) is 3. The Morgan fingerprint density at radius 3 is 2.29 bits per heavy atom. The van der Waals surface area contributed by atoms with Crippen molar-refractivity contribution < 1.29 is 14.3 Å². The molecule has 28 heavy (non-hydrogen) atoms. The van der Waals surface area contributed by atoms with Gasteiger partial charge in [0.1, 0.15) is 11.9 Å². The Bertz CT molecular complexity index is 681. The highest BCUT2D eigenvalue weighted by Crippen LogP contribution is 2.73. The SMILES string of the molecule is CC(=O)OC1CC[C@@]2(C)C(CC[C@]3(C)C2CCC2C(=O)CCC[C@]23C)C1(C)C. The van der Waals surface area contributed by atoms with Crippen molar-refractivity contribution >= 4 is 11.8 Å². The second-order valence-corrected chi connectivity index (χ2v) is 11.9. The summed E-state index contributed by atoms with van der Waals surface area (Å²) < 4.78 is 5.80. The number of esters is 1. The van der Waals surface area contributed by atoms with E-state index in [1.54, 1.807) is 6.92 Å². The molecule has 158 valence electrons. The summed E-state index contributed by atoms with van der Waals surface area (Å²) in [6.07, 6.45) is 9.97. The van der Waals surface area contributed by atoms with E-state index >= 15 is 0 Å². The average Bonchev–Trinajstić information content (AvgIpc) is 2.58. The number of carbonyl (C=O) groups is 2. The van der Waals surface area contributed by atoms with Gasteiger partial charge in [0.25, 0.3) is 0 Å². The maximum Gasteiger partial charge on any atom is 0.302 e. The first-order chi connectivity index (χ1) is 13.0. The molecule has 0 radical (unpaired) electrons. The van der Waals surface area contributed by atoms with Crippen LogP contribution in [0.5, 0.6) is 0 Å². The monoisotopic (exact) mass is 388 g/mol. The van der Waals surface area contributed by atoms with Crippen LogP contribution in [0.15, 0.2) is 0 Å². The predicted molar refractivity (Wildman–Crippen MR) is 111 cm³/mol. The fourth-order valence-corrected chi connectivity index (χ4v) is 9.10. The molecule has 4 rings (SSSR count). The Morgan fingerprint density at radius 2 is 1.61 bits per heavy atom. The molecule has 3 nitrogen and oxygen atoms in total. The van der Waals surface area contributed by atoms with Crippen molar-refractivity contribution in [2.75, 3.05) is 0 Å². The summed E-state index contributed by atoms with van der Waals surface area (Å²) in [5.41, 5.74) is 0.708. The molecule has 4 fully saturated rings. The van der Waals surface area contributed by atoms with Crippen molar-refractivity contribution in [1.82, 2.24) is 0 Å². The zero-order chi connectivity index (χ0) is 20.5. The van der Waals surface area contributed by atoms with Crippen LogP contribution in [0.25, 0.3) is 0 Å². The van der Waals surface area contributed by atoms with E-state index in [2.05, 4.69) is 34.6 Å². The minimum Gasteiger partial charge on any atom is -0.462 e. The number of ether oxygens (including phenoxy) is 1. The lowest BCUT2D eigenvalue weighted by Crippen LogP contribution is -2.65. The molecule has 0 heterocycles. The first kappa shape index (κ1) is 20.4. The summed E-state index contributed by atoms with van der Waals surface area (Å²) in [4.78, 5) is 24.5. The smallest absolute Gasteiger partial charge is 0.302 e. The standard InChI is InChI=1S/C25H40O3/c1-16(26)28-21-12-14-23(4)19(22(21,2)3)11-15-25(6)20(23)10-9-17-18(27)8-7-13-24(17,25)5/h17,19-21H,7-15H2,1-6H3/t17?,19?,20?,21?,23-,24+,25+/m0/s1. The highest BCUT2D eigenvalue weighted by Gasteiger charge is 2.68. The minimum atomic E-state index is -0.143. The molecule has 0 aliphatic heterocycles. The molecule has 0 amide bonds. The zero-order valence-electron chi connectivity index (χ0n) is 18.9. The number of rotatable bonds is 1. The van der Waals surface area contributed by atoms with Crippen LogP contribution in [0, 0.1) is 39.4 Å². The first-order valence-electron chi connectivity index (χ1n) is 11.7. The fourth-order valence-electron chi connectivity index (χ4n) is 9.10. The van der Waals surface area contributed by atoms with Gasteiger partial charge in [-0.25, -0.2) is 0 Å². The molecular formula is C25H40O3. The molecule has 0 aromatic carbocycles. The van der Waals surface area contributed by atoms with Gasteiger partial charge in [-0.05, 0) is 79.4 Å². The molecule has 0 aromatic heterocycles. The summed E-state index contributed by atoms with van der Waals surface area (Å²) in [5, 5.41) is 0. The molecule has 0 bridgehead atoms. The van der Waals surface area contributed by atoms with Crippen LogP contribution in [-0.4, -0.2) is 17.9 Å². The Balaban J connectivity index is 1.70. The molecular weight excluding hydrogens is 348 g/mol. The lowest BCUT2D eigenvalue weighted by Gasteiger charge is -2.70. The van der Waals surface area contributed by atoms with Gasteiger partial charge in [0.2, 0.25) is 0 Å². The van der Waals surface area contributed by atoms with Crippen LogP contribution in [-0.2, 0) is 14.3 Å². The van der Waals surface area contributed by atoms with Crippen LogP contribution in [0.2, 0.25) is 0 Å². The van der Waals surface area contributed by atoms with Gasteiger partial charge >= 0.3 is 5.97 Å². The molecule has 4 aliphatic carbocycles. The zero-order valence-corrected chi connectivity index (χ0v) is 18.9. The molecule has 4 saturated carbocycles. The van der Waals surface area contributed by atoms with E-state index in [-0.39, 0.29) is 39.7 Å². The molecule has 7 atom stereocenters. The second-order valence-electron chi connectivity index (χ2n) is 11.9. The number of carbonyl (C=O) groups excluding carboxylic acids is 2.